The van der Waals surface area contributed by atoms with Gasteiger partial charge in [0.1, 0.15) is 0 Å². The van der Waals surface area contributed by atoms with Crippen molar-refractivity contribution in [2.75, 3.05) is 19.6 Å². The summed E-state index contributed by atoms with van der Waals surface area (Å²) in [6, 6.07) is 17.2. The Morgan fingerprint density at radius 2 is 1.50 bits per heavy atom. The lowest BCUT2D eigenvalue weighted by Gasteiger charge is -2.25. The quantitative estimate of drug-likeness (QED) is 0.306. The largest absolute Gasteiger partial charge is 0.351 e. The molecule has 1 amide bonds. The molecule has 1 saturated heterocycles. The maximum absolute atomic E-state index is 13.5. The number of halogens is 3. The predicted molar refractivity (Wildman–Crippen MR) is 159 cm³/mol. The molecule has 214 valence electrons. The molecule has 0 unspecified atom stereocenters. The van der Waals surface area contributed by atoms with Gasteiger partial charge in [-0.15, -0.1) is 0 Å². The second kappa shape index (κ2) is 13.3. The minimum Gasteiger partial charge on any atom is -0.351 e. The molecule has 40 heavy (non-hydrogen) atoms. The van der Waals surface area contributed by atoms with Gasteiger partial charge in [-0.2, -0.15) is 8.61 Å². The van der Waals surface area contributed by atoms with Crippen LogP contribution in [0.3, 0.4) is 0 Å². The Bertz CT molecular complexity index is 1560. The fourth-order valence-corrected chi connectivity index (χ4v) is 7.90. The second-order valence-corrected chi connectivity index (χ2v) is 15.0. The van der Waals surface area contributed by atoms with Crippen molar-refractivity contribution >= 4 is 65.1 Å². The van der Waals surface area contributed by atoms with E-state index in [0.29, 0.717) is 33.7 Å². The van der Waals surface area contributed by atoms with Crippen LogP contribution < -0.4 is 5.32 Å². The van der Waals surface area contributed by atoms with E-state index in [1.54, 1.807) is 36.4 Å². The molecule has 3 aromatic carbocycles. The smallest absolute Gasteiger partial charge is 0.243 e. The first-order valence-electron chi connectivity index (χ1n) is 12.5. The maximum atomic E-state index is 13.5. The van der Waals surface area contributed by atoms with Crippen LogP contribution in [-0.2, 0) is 37.9 Å². The first-order chi connectivity index (χ1) is 19.0. The normalized spacial score (nSPS) is 14.8. The van der Waals surface area contributed by atoms with E-state index in [4.69, 9.17) is 23.2 Å². The molecule has 1 aliphatic heterocycles. The van der Waals surface area contributed by atoms with Crippen LogP contribution in [-0.4, -0.2) is 51.0 Å². The summed E-state index contributed by atoms with van der Waals surface area (Å²) < 4.78 is 56.0. The first kappa shape index (κ1) is 31.0. The van der Waals surface area contributed by atoms with E-state index in [0.717, 1.165) is 23.6 Å². The van der Waals surface area contributed by atoms with Crippen LogP contribution in [0.5, 0.6) is 0 Å². The van der Waals surface area contributed by atoms with Crippen LogP contribution in [0.25, 0.3) is 0 Å². The highest BCUT2D eigenvalue weighted by Gasteiger charge is 2.28. The molecule has 0 bridgehead atoms. The number of hydrogen-bond donors (Lipinski definition) is 1. The van der Waals surface area contributed by atoms with Crippen molar-refractivity contribution in [2.45, 2.75) is 42.1 Å². The number of benzene rings is 3. The Balaban J connectivity index is 1.46. The highest BCUT2D eigenvalue weighted by Crippen LogP contribution is 2.26. The molecule has 0 atom stereocenters. The highest BCUT2D eigenvalue weighted by molar-refractivity contribution is 9.10. The fraction of sp³-hybridized carbons (Fsp3) is 0.296. The third kappa shape index (κ3) is 7.64. The predicted octanol–water partition coefficient (Wildman–Crippen LogP) is 5.44. The Morgan fingerprint density at radius 1 is 0.875 bits per heavy atom. The van der Waals surface area contributed by atoms with Gasteiger partial charge in [0.05, 0.1) is 16.3 Å². The van der Waals surface area contributed by atoms with Gasteiger partial charge in [0.15, 0.2) is 0 Å². The molecule has 0 spiro atoms. The highest BCUT2D eigenvalue weighted by atomic mass is 79.9. The van der Waals surface area contributed by atoms with Crippen molar-refractivity contribution in [2.24, 2.45) is 0 Å². The van der Waals surface area contributed by atoms with Crippen LogP contribution in [0, 0.1) is 0 Å². The molecule has 4 rings (SSSR count). The van der Waals surface area contributed by atoms with E-state index in [1.807, 2.05) is 0 Å². The second-order valence-electron chi connectivity index (χ2n) is 9.35. The average molecular weight is 689 g/mol. The molecule has 1 N–H and O–H groups in total. The van der Waals surface area contributed by atoms with Gasteiger partial charge in [0, 0.05) is 40.7 Å². The third-order valence-electron chi connectivity index (χ3n) is 6.50. The zero-order valence-electron chi connectivity index (χ0n) is 21.4. The summed E-state index contributed by atoms with van der Waals surface area (Å²) in [4.78, 5) is 13.2. The van der Waals surface area contributed by atoms with Crippen LogP contribution in [0.15, 0.2) is 81.0 Å². The number of amides is 1. The van der Waals surface area contributed by atoms with Crippen LogP contribution in [0.1, 0.15) is 30.4 Å². The zero-order chi connectivity index (χ0) is 28.9. The molecule has 0 aliphatic carbocycles. The van der Waals surface area contributed by atoms with E-state index in [1.165, 1.54) is 34.6 Å². The summed E-state index contributed by atoms with van der Waals surface area (Å²) in [5, 5.41) is 3.41. The molecule has 1 aliphatic rings. The number of carbonyl (C=O) groups excluding carboxylic acids is 1. The van der Waals surface area contributed by atoms with E-state index < -0.39 is 32.5 Å². The Morgan fingerprint density at radius 3 is 2.12 bits per heavy atom. The maximum Gasteiger partial charge on any atom is 0.243 e. The van der Waals surface area contributed by atoms with Gasteiger partial charge in [0.2, 0.25) is 26.0 Å². The monoisotopic (exact) mass is 687 g/mol. The molecule has 0 saturated carbocycles. The van der Waals surface area contributed by atoms with Crippen LogP contribution in [0.4, 0.5) is 0 Å². The van der Waals surface area contributed by atoms with Crippen molar-refractivity contribution in [3.63, 3.8) is 0 Å². The number of rotatable bonds is 10. The Kier molecular flexibility index (Phi) is 10.3. The molecule has 3 aromatic rings. The molecule has 1 heterocycles. The van der Waals surface area contributed by atoms with Crippen molar-refractivity contribution in [1.82, 2.24) is 13.9 Å². The summed E-state index contributed by atoms with van der Waals surface area (Å²) in [6.07, 6.45) is 2.73. The molecule has 0 aromatic heterocycles. The van der Waals surface area contributed by atoms with Gasteiger partial charge < -0.3 is 5.32 Å². The molecule has 13 heteroatoms. The number of nitrogens with one attached hydrogen (secondary N) is 1. The fourth-order valence-electron chi connectivity index (χ4n) is 4.27. The minimum atomic E-state index is -4.07. The average Bonchev–Trinajstić information content (AvgIpc) is 2.94. The standard InChI is InChI=1S/C27H28BrCl2N3O5S2/c28-22-7-12-25(13-8-22)40(37,38)33(18-21-6-9-23(29)16-26(21)30)19-27(34)31-17-20-4-10-24(11-5-20)39(35,36)32-14-2-1-3-15-32/h4-13,16H,1-3,14-15,17-19H2,(H,31,34). The summed E-state index contributed by atoms with van der Waals surface area (Å²) in [7, 11) is -7.62. The Hall–Kier alpha value is -1.99. The van der Waals surface area contributed by atoms with Gasteiger partial charge in [-0.05, 0) is 72.5 Å². The number of sulfonamides is 2. The summed E-state index contributed by atoms with van der Waals surface area (Å²) in [5.41, 5.74) is 1.17. The Labute approximate surface area is 253 Å². The number of nitrogens with zero attached hydrogens (tertiary/aromatic N) is 2. The lowest BCUT2D eigenvalue weighted by Crippen LogP contribution is -2.40. The van der Waals surface area contributed by atoms with E-state index in [2.05, 4.69) is 21.2 Å². The van der Waals surface area contributed by atoms with Gasteiger partial charge in [-0.1, -0.05) is 63.8 Å². The van der Waals surface area contributed by atoms with Crippen LogP contribution >= 0.6 is 39.1 Å². The minimum absolute atomic E-state index is 0.0269. The molecular formula is C27H28BrCl2N3O5S2. The van der Waals surface area contributed by atoms with Crippen molar-refractivity contribution in [1.29, 1.82) is 0 Å². The number of carbonyl (C=O) groups is 1. The first-order valence-corrected chi connectivity index (χ1v) is 17.0. The van der Waals surface area contributed by atoms with E-state index in [9.17, 15) is 21.6 Å². The summed E-state index contributed by atoms with van der Waals surface area (Å²) in [6.45, 7) is 0.516. The van der Waals surface area contributed by atoms with Crippen molar-refractivity contribution in [3.05, 3.63) is 92.4 Å². The third-order valence-corrected chi connectivity index (χ3v) is 11.3. The van der Waals surface area contributed by atoms with Crippen molar-refractivity contribution < 1.29 is 21.6 Å². The zero-order valence-corrected chi connectivity index (χ0v) is 26.1. The van der Waals surface area contributed by atoms with Crippen molar-refractivity contribution in [3.8, 4) is 0 Å². The molecule has 8 nitrogen and oxygen atoms in total. The van der Waals surface area contributed by atoms with Gasteiger partial charge in [-0.3, -0.25) is 4.79 Å². The van der Waals surface area contributed by atoms with Gasteiger partial charge >= 0.3 is 0 Å². The topological polar surface area (TPSA) is 104 Å². The van der Waals surface area contributed by atoms with E-state index in [-0.39, 0.29) is 27.9 Å². The lowest BCUT2D eigenvalue weighted by atomic mass is 10.2. The SMILES string of the molecule is O=C(CN(Cc1ccc(Cl)cc1Cl)S(=O)(=O)c1ccc(Br)cc1)NCc1ccc(S(=O)(=O)N2CCCCC2)cc1. The summed E-state index contributed by atoms with van der Waals surface area (Å²) >= 11 is 15.6. The molecular weight excluding hydrogens is 661 g/mol. The number of piperidine rings is 1. The van der Waals surface area contributed by atoms with Crippen LogP contribution in [0.2, 0.25) is 10.0 Å². The molecule has 1 fully saturated rings. The lowest BCUT2D eigenvalue weighted by molar-refractivity contribution is -0.121. The van der Waals surface area contributed by atoms with Gasteiger partial charge in [0.25, 0.3) is 0 Å². The number of hydrogen-bond acceptors (Lipinski definition) is 5. The van der Waals surface area contributed by atoms with E-state index >= 15 is 0 Å². The summed E-state index contributed by atoms with van der Waals surface area (Å²) in [5.74, 6) is -0.532. The molecule has 0 radical (unpaired) electrons. The van der Waals surface area contributed by atoms with Gasteiger partial charge in [-0.25, -0.2) is 16.8 Å².